The Balaban J connectivity index is 5.19. The third kappa shape index (κ3) is 58.2. The number of phosphoric acid groups is 1. The van der Waals surface area contributed by atoms with E-state index in [2.05, 4.69) is 74.7 Å². The molecule has 3 atom stereocenters. The Hall–Kier alpha value is -2.29. The van der Waals surface area contributed by atoms with Gasteiger partial charge in [0.05, 0.1) is 33.8 Å². The molecule has 0 spiro atoms. The van der Waals surface area contributed by atoms with Gasteiger partial charge in [0.1, 0.15) is 19.3 Å². The van der Waals surface area contributed by atoms with Gasteiger partial charge in [0.2, 0.25) is 5.91 Å². The van der Waals surface area contributed by atoms with Crippen LogP contribution >= 0.6 is 7.82 Å². The van der Waals surface area contributed by atoms with E-state index in [-0.39, 0.29) is 24.9 Å². The summed E-state index contributed by atoms with van der Waals surface area (Å²) < 4.78 is 30.3. The number of esters is 1. The van der Waals surface area contributed by atoms with E-state index in [1.165, 1.54) is 173 Å². The van der Waals surface area contributed by atoms with Crippen molar-refractivity contribution in [2.45, 2.75) is 315 Å². The zero-order valence-electron chi connectivity index (χ0n) is 51.4. The van der Waals surface area contributed by atoms with Gasteiger partial charge in [-0.25, -0.2) is 0 Å². The van der Waals surface area contributed by atoms with Crippen LogP contribution in [-0.4, -0.2) is 69.4 Å². The fourth-order valence-electron chi connectivity index (χ4n) is 9.39. The summed E-state index contributed by atoms with van der Waals surface area (Å²) in [4.78, 5) is 40.0. The minimum Gasteiger partial charge on any atom is -0.756 e. The number of amides is 1. The van der Waals surface area contributed by atoms with Crippen molar-refractivity contribution in [2.24, 2.45) is 0 Å². The summed E-state index contributed by atoms with van der Waals surface area (Å²) in [7, 11) is 1.18. The van der Waals surface area contributed by atoms with Crippen LogP contribution in [0.3, 0.4) is 0 Å². The molecule has 3 unspecified atom stereocenters. The predicted molar refractivity (Wildman–Crippen MR) is 330 cm³/mol. The van der Waals surface area contributed by atoms with Crippen LogP contribution in [0.5, 0.6) is 0 Å². The fraction of sp³-hybridized carbons (Fsp3) is 0.821. The molecule has 0 rings (SSSR count). The molecule has 0 radical (unpaired) electrons. The highest BCUT2D eigenvalue weighted by atomic mass is 31.2. The van der Waals surface area contributed by atoms with Crippen LogP contribution in [0, 0.1) is 0 Å². The number of hydrogen-bond donors (Lipinski definition) is 1. The first-order valence-electron chi connectivity index (χ1n) is 32.6. The second kappa shape index (κ2) is 57.0. The highest BCUT2D eigenvalue weighted by Crippen LogP contribution is 2.38. The smallest absolute Gasteiger partial charge is 0.306 e. The van der Waals surface area contributed by atoms with Gasteiger partial charge >= 0.3 is 5.97 Å². The number of hydrogen-bond acceptors (Lipinski definition) is 7. The average Bonchev–Trinajstić information content (AvgIpc) is 3.39. The number of phosphoric ester groups is 1. The molecule has 1 amide bonds. The lowest BCUT2D eigenvalue weighted by Gasteiger charge is -2.30. The lowest BCUT2D eigenvalue weighted by atomic mass is 10.0. The van der Waals surface area contributed by atoms with Crippen LogP contribution in [0.2, 0.25) is 0 Å². The molecule has 0 heterocycles. The maximum atomic E-state index is 13.5. The summed E-state index contributed by atoms with van der Waals surface area (Å²) in [5, 5.41) is 3.02. The highest BCUT2D eigenvalue weighted by Gasteiger charge is 2.27. The fourth-order valence-corrected chi connectivity index (χ4v) is 10.1. The van der Waals surface area contributed by atoms with E-state index in [0.717, 1.165) is 96.3 Å². The highest BCUT2D eigenvalue weighted by molar-refractivity contribution is 7.45. The number of nitrogens with one attached hydrogen (secondary N) is 1. The third-order valence-corrected chi connectivity index (χ3v) is 15.4. The van der Waals surface area contributed by atoms with E-state index < -0.39 is 26.6 Å². The Bertz CT molecular complexity index is 1500. The summed E-state index contributed by atoms with van der Waals surface area (Å²) in [5.74, 6) is -0.553. The maximum Gasteiger partial charge on any atom is 0.306 e. The van der Waals surface area contributed by atoms with Crippen LogP contribution < -0.4 is 10.2 Å². The number of quaternary nitrogens is 1. The van der Waals surface area contributed by atoms with Crippen molar-refractivity contribution in [1.29, 1.82) is 0 Å². The molecule has 0 fully saturated rings. The number of allylic oxidation sites excluding steroid dienone is 9. The topological polar surface area (TPSA) is 114 Å². The van der Waals surface area contributed by atoms with Gasteiger partial charge in [-0.3, -0.25) is 14.2 Å². The van der Waals surface area contributed by atoms with E-state index in [1.54, 1.807) is 0 Å². The number of ether oxygens (including phenoxy) is 1. The van der Waals surface area contributed by atoms with Crippen molar-refractivity contribution in [2.75, 3.05) is 40.9 Å². The second-order valence-corrected chi connectivity index (χ2v) is 24.7. The average molecular weight is 1100 g/mol. The van der Waals surface area contributed by atoms with Gasteiger partial charge in [0.25, 0.3) is 7.82 Å². The summed E-state index contributed by atoms with van der Waals surface area (Å²) in [5.41, 5.74) is 0. The van der Waals surface area contributed by atoms with Gasteiger partial charge in [-0.2, -0.15) is 0 Å². The van der Waals surface area contributed by atoms with Gasteiger partial charge in [-0.05, 0) is 76.7 Å². The monoisotopic (exact) mass is 1100 g/mol. The normalized spacial score (nSPS) is 14.0. The zero-order chi connectivity index (χ0) is 56.4. The van der Waals surface area contributed by atoms with Crippen molar-refractivity contribution in [3.05, 3.63) is 60.8 Å². The first-order valence-corrected chi connectivity index (χ1v) is 34.1. The first-order chi connectivity index (χ1) is 37.4. The molecule has 0 aliphatic rings. The molecule has 0 aromatic carbocycles. The molecule has 10 heteroatoms. The predicted octanol–water partition coefficient (Wildman–Crippen LogP) is 19.6. The van der Waals surface area contributed by atoms with Crippen LogP contribution in [0.4, 0.5) is 0 Å². The molecule has 0 aromatic heterocycles. The summed E-state index contributed by atoms with van der Waals surface area (Å²) in [6.07, 6.45) is 71.9. The van der Waals surface area contributed by atoms with Crippen LogP contribution in [0.25, 0.3) is 0 Å². The van der Waals surface area contributed by atoms with Crippen LogP contribution in [0.15, 0.2) is 60.8 Å². The Morgan fingerprint density at radius 1 is 0.455 bits per heavy atom. The van der Waals surface area contributed by atoms with Gasteiger partial charge in [0.15, 0.2) is 0 Å². The molecule has 0 aliphatic carbocycles. The molecule has 0 aromatic rings. The van der Waals surface area contributed by atoms with E-state index in [0.29, 0.717) is 17.4 Å². The number of nitrogens with zero attached hydrogens (tertiary/aromatic N) is 1. The van der Waals surface area contributed by atoms with E-state index >= 15 is 0 Å². The summed E-state index contributed by atoms with van der Waals surface area (Å²) in [6.45, 7) is 6.82. The number of rotatable bonds is 59. The van der Waals surface area contributed by atoms with Crippen LogP contribution in [0.1, 0.15) is 303 Å². The van der Waals surface area contributed by atoms with E-state index in [1.807, 2.05) is 33.3 Å². The minimum atomic E-state index is -4.70. The Kier molecular flexibility index (Phi) is 55.3. The van der Waals surface area contributed by atoms with E-state index in [9.17, 15) is 19.0 Å². The number of likely N-dealkylation sites (N-methyl/N-ethyl adjacent to an activating group) is 1. The molecule has 450 valence electrons. The lowest BCUT2D eigenvalue weighted by molar-refractivity contribution is -0.870. The SMILES string of the molecule is CCCCC/C=C\C/C=C\C/C=C\C/C=C\CCCCCCCC(=O)NC(COP(=O)([O-])OCC[N+](C)(C)C)C(/C=C/CCCCCCCCCCC)OC(=O)CCCCCCCCCCCCCCCCCCCCC. The van der Waals surface area contributed by atoms with Crippen molar-refractivity contribution in [3.8, 4) is 0 Å². The Labute approximate surface area is 477 Å². The summed E-state index contributed by atoms with van der Waals surface area (Å²) in [6, 6.07) is -0.898. The molecular weight excluding hydrogens is 976 g/mol. The van der Waals surface area contributed by atoms with Crippen molar-refractivity contribution in [1.82, 2.24) is 5.32 Å². The van der Waals surface area contributed by atoms with Crippen LogP contribution in [-0.2, 0) is 27.9 Å². The number of unbranched alkanes of at least 4 members (excludes halogenated alkanes) is 35. The molecular formula is C67H125N2O7P. The standard InChI is InChI=1S/C67H125N2O7P/c1-7-10-13-16-19-22-25-27-29-31-33-34-36-37-39-41-44-47-50-53-56-59-66(70)68-64(63-75-77(72,73)74-62-61-69(4,5)6)65(58-55-52-49-46-43-24-21-18-15-12-9-3)76-67(71)60-57-54-51-48-45-42-40-38-35-32-30-28-26-23-20-17-14-11-8-2/h19,22,27,29,33-34,37,39,55,58,64-65H,7-18,20-21,23-26,28,30-32,35-36,38,40-54,56-57,59-63H2,1-6H3,(H-,68,70,72,73)/b22-19-,29-27-,34-33-,39-37-,58-55+. The Morgan fingerprint density at radius 2 is 0.792 bits per heavy atom. The third-order valence-electron chi connectivity index (χ3n) is 14.5. The first kappa shape index (κ1) is 74.7. The van der Waals surface area contributed by atoms with Gasteiger partial charge in [-0.1, -0.05) is 275 Å². The quantitative estimate of drug-likeness (QED) is 0.0212. The molecule has 0 saturated heterocycles. The number of carbonyl (C=O) groups is 2. The molecule has 77 heavy (non-hydrogen) atoms. The maximum absolute atomic E-state index is 13.5. The van der Waals surface area contributed by atoms with Gasteiger partial charge in [-0.15, -0.1) is 0 Å². The number of carbonyl (C=O) groups excluding carboxylic acids is 2. The lowest BCUT2D eigenvalue weighted by Crippen LogP contribution is -2.47. The minimum absolute atomic E-state index is 0.0264. The largest absolute Gasteiger partial charge is 0.756 e. The van der Waals surface area contributed by atoms with Crippen molar-refractivity contribution >= 4 is 19.7 Å². The Morgan fingerprint density at radius 3 is 1.21 bits per heavy atom. The zero-order valence-corrected chi connectivity index (χ0v) is 52.3. The molecule has 0 bridgehead atoms. The van der Waals surface area contributed by atoms with Gasteiger partial charge in [0, 0.05) is 12.8 Å². The van der Waals surface area contributed by atoms with Crippen molar-refractivity contribution < 1.29 is 37.3 Å². The summed E-state index contributed by atoms with van der Waals surface area (Å²) >= 11 is 0. The van der Waals surface area contributed by atoms with Crippen molar-refractivity contribution in [3.63, 3.8) is 0 Å². The van der Waals surface area contributed by atoms with E-state index in [4.69, 9.17) is 13.8 Å². The molecule has 0 saturated carbocycles. The molecule has 1 N–H and O–H groups in total. The second-order valence-electron chi connectivity index (χ2n) is 23.3. The molecule has 0 aliphatic heterocycles. The molecule has 9 nitrogen and oxygen atoms in total. The van der Waals surface area contributed by atoms with Gasteiger partial charge < -0.3 is 28.5 Å².